The summed E-state index contributed by atoms with van der Waals surface area (Å²) in [7, 11) is -3.82. The molecule has 1 unspecified atom stereocenters. The third-order valence-electron chi connectivity index (χ3n) is 3.56. The number of nitro benzene ring substituents is 1. The first kappa shape index (κ1) is 19.1. The average Bonchev–Trinajstić information content (AvgIpc) is 2.58. The normalized spacial score (nSPS) is 13.3. The van der Waals surface area contributed by atoms with E-state index >= 15 is 0 Å². The average molecular weight is 425 g/mol. The van der Waals surface area contributed by atoms with Crippen LogP contribution in [0.4, 0.5) is 11.4 Å². The number of benzene rings is 2. The lowest BCUT2D eigenvalue weighted by molar-refractivity contribution is -0.384. The van der Waals surface area contributed by atoms with Crippen molar-refractivity contribution in [1.29, 1.82) is 0 Å². The third-order valence-corrected chi connectivity index (χ3v) is 5.57. The van der Waals surface area contributed by atoms with E-state index < -0.39 is 21.0 Å². The van der Waals surface area contributed by atoms with Crippen LogP contribution in [0.25, 0.3) is 0 Å². The molecule has 8 heteroatoms. The molecule has 0 N–H and O–H groups in total. The topological polar surface area (TPSA) is 80.5 Å². The summed E-state index contributed by atoms with van der Waals surface area (Å²) < 4.78 is 26.9. The molecule has 0 fully saturated rings. The molecule has 2 aromatic carbocycles. The standard InChI is InChI=1S/C17H17BrN2O4S/c1-3-14(18)17(13-9-5-4-6-10-13)19(25(2,23)24)15-11-7-8-12-16(15)20(21)22/h3-12,17H,1-2H3/b14-3+. The van der Waals surface area contributed by atoms with Gasteiger partial charge < -0.3 is 0 Å². The molecule has 2 rings (SSSR count). The van der Waals surface area contributed by atoms with Gasteiger partial charge >= 0.3 is 0 Å². The first-order valence-electron chi connectivity index (χ1n) is 7.37. The molecule has 0 aromatic heterocycles. The van der Waals surface area contributed by atoms with Crippen LogP contribution in [0.15, 0.2) is 65.2 Å². The van der Waals surface area contributed by atoms with Gasteiger partial charge in [-0.25, -0.2) is 8.42 Å². The van der Waals surface area contributed by atoms with Crippen LogP contribution in [0.5, 0.6) is 0 Å². The molecule has 25 heavy (non-hydrogen) atoms. The Morgan fingerprint density at radius 3 is 2.24 bits per heavy atom. The van der Waals surface area contributed by atoms with Crippen molar-refractivity contribution in [2.24, 2.45) is 0 Å². The Hall–Kier alpha value is -2.19. The molecule has 0 radical (unpaired) electrons. The van der Waals surface area contributed by atoms with Gasteiger partial charge in [0.15, 0.2) is 0 Å². The maximum atomic E-state index is 12.6. The molecule has 0 aliphatic carbocycles. The molecule has 0 spiro atoms. The van der Waals surface area contributed by atoms with Crippen LogP contribution in [0.1, 0.15) is 18.5 Å². The number of rotatable bonds is 6. The zero-order valence-electron chi connectivity index (χ0n) is 13.7. The van der Waals surface area contributed by atoms with Crippen molar-refractivity contribution in [3.8, 4) is 0 Å². The highest BCUT2D eigenvalue weighted by molar-refractivity contribution is 9.11. The molecule has 2 aromatic rings. The number of para-hydroxylation sites is 2. The first-order valence-corrected chi connectivity index (χ1v) is 10.0. The Labute approximate surface area is 155 Å². The summed E-state index contributed by atoms with van der Waals surface area (Å²) in [5.41, 5.74) is 0.434. The molecule has 0 bridgehead atoms. The fourth-order valence-electron chi connectivity index (χ4n) is 2.51. The van der Waals surface area contributed by atoms with Crippen molar-refractivity contribution < 1.29 is 13.3 Å². The SMILES string of the molecule is C/C=C(/Br)C(c1ccccc1)N(c1ccccc1[N+](=O)[O-])S(C)(=O)=O. The van der Waals surface area contributed by atoms with E-state index in [2.05, 4.69) is 15.9 Å². The molecule has 0 saturated heterocycles. The van der Waals surface area contributed by atoms with Gasteiger partial charge in [0.05, 0.1) is 11.2 Å². The lowest BCUT2D eigenvalue weighted by Crippen LogP contribution is -2.35. The highest BCUT2D eigenvalue weighted by Gasteiger charge is 2.34. The zero-order chi connectivity index (χ0) is 18.6. The first-order chi connectivity index (χ1) is 11.8. The van der Waals surface area contributed by atoms with Crippen molar-refractivity contribution in [3.63, 3.8) is 0 Å². The van der Waals surface area contributed by atoms with E-state index in [1.165, 1.54) is 18.2 Å². The Morgan fingerprint density at radius 1 is 1.16 bits per heavy atom. The van der Waals surface area contributed by atoms with E-state index in [0.717, 1.165) is 10.6 Å². The molecular formula is C17H17BrN2O4S. The lowest BCUT2D eigenvalue weighted by atomic mass is 10.1. The van der Waals surface area contributed by atoms with Gasteiger partial charge in [0.2, 0.25) is 10.0 Å². The van der Waals surface area contributed by atoms with Gasteiger partial charge in [-0.3, -0.25) is 14.4 Å². The second kappa shape index (κ2) is 7.79. The summed E-state index contributed by atoms with van der Waals surface area (Å²) in [5.74, 6) is 0. The lowest BCUT2D eigenvalue weighted by Gasteiger charge is -2.31. The predicted molar refractivity (Wildman–Crippen MR) is 102 cm³/mol. The summed E-state index contributed by atoms with van der Waals surface area (Å²) in [5, 5.41) is 11.4. The van der Waals surface area contributed by atoms with E-state index in [1.54, 1.807) is 43.3 Å². The molecule has 0 aliphatic rings. The monoisotopic (exact) mass is 424 g/mol. The predicted octanol–water partition coefficient (Wildman–Crippen LogP) is 4.40. The van der Waals surface area contributed by atoms with Crippen LogP contribution in [0.2, 0.25) is 0 Å². The molecule has 6 nitrogen and oxygen atoms in total. The van der Waals surface area contributed by atoms with E-state index in [-0.39, 0.29) is 11.4 Å². The van der Waals surface area contributed by atoms with Crippen LogP contribution < -0.4 is 4.31 Å². The summed E-state index contributed by atoms with van der Waals surface area (Å²) in [4.78, 5) is 10.8. The van der Waals surface area contributed by atoms with Crippen LogP contribution in [-0.4, -0.2) is 19.6 Å². The highest BCUT2D eigenvalue weighted by atomic mass is 79.9. The van der Waals surface area contributed by atoms with Crippen LogP contribution in [0.3, 0.4) is 0 Å². The highest BCUT2D eigenvalue weighted by Crippen LogP contribution is 2.41. The maximum Gasteiger partial charge on any atom is 0.293 e. The summed E-state index contributed by atoms with van der Waals surface area (Å²) in [6, 6.07) is 14.0. The van der Waals surface area contributed by atoms with Crippen molar-refractivity contribution in [2.75, 3.05) is 10.6 Å². The molecule has 132 valence electrons. The fraction of sp³-hybridized carbons (Fsp3) is 0.176. The van der Waals surface area contributed by atoms with Gasteiger partial charge in [-0.15, -0.1) is 0 Å². The molecule has 0 heterocycles. The number of halogens is 1. The van der Waals surface area contributed by atoms with Gasteiger partial charge in [0.25, 0.3) is 5.69 Å². The van der Waals surface area contributed by atoms with E-state index in [0.29, 0.717) is 10.0 Å². The fourth-order valence-corrected chi connectivity index (χ4v) is 4.25. The molecule has 0 aliphatic heterocycles. The van der Waals surface area contributed by atoms with Crippen molar-refractivity contribution in [1.82, 2.24) is 0 Å². The summed E-state index contributed by atoms with van der Waals surface area (Å²) >= 11 is 3.42. The number of nitrogens with zero attached hydrogens (tertiary/aromatic N) is 2. The number of hydrogen-bond acceptors (Lipinski definition) is 4. The number of allylic oxidation sites excluding steroid dienone is 1. The number of nitro groups is 1. The number of anilines is 1. The molecule has 1 atom stereocenters. The maximum absolute atomic E-state index is 12.6. The van der Waals surface area contributed by atoms with E-state index in [4.69, 9.17) is 0 Å². The molecular weight excluding hydrogens is 408 g/mol. The summed E-state index contributed by atoms with van der Waals surface area (Å²) in [6.07, 6.45) is 2.76. The number of sulfonamides is 1. The van der Waals surface area contributed by atoms with Crippen molar-refractivity contribution >= 4 is 37.3 Å². The Balaban J connectivity index is 2.79. The quantitative estimate of drug-likeness (QED) is 0.508. The van der Waals surface area contributed by atoms with Gasteiger partial charge in [0.1, 0.15) is 11.7 Å². The second-order valence-corrected chi connectivity index (χ2v) is 8.07. The largest absolute Gasteiger partial charge is 0.293 e. The van der Waals surface area contributed by atoms with Crippen LogP contribution in [-0.2, 0) is 10.0 Å². The Kier molecular flexibility index (Phi) is 5.97. The molecule has 0 saturated carbocycles. The minimum absolute atomic E-state index is 0.0163. The summed E-state index contributed by atoms with van der Waals surface area (Å²) in [6.45, 7) is 1.76. The zero-order valence-corrected chi connectivity index (χ0v) is 16.1. The minimum atomic E-state index is -3.82. The smallest absolute Gasteiger partial charge is 0.258 e. The van der Waals surface area contributed by atoms with Crippen molar-refractivity contribution in [2.45, 2.75) is 13.0 Å². The van der Waals surface area contributed by atoms with Crippen LogP contribution in [0, 0.1) is 10.1 Å². The van der Waals surface area contributed by atoms with Crippen LogP contribution >= 0.6 is 15.9 Å². The van der Waals surface area contributed by atoms with Gasteiger partial charge in [-0.1, -0.05) is 64.5 Å². The second-order valence-electron chi connectivity index (χ2n) is 5.29. The Morgan fingerprint density at radius 2 is 1.72 bits per heavy atom. The Bertz CT molecular complexity index is 898. The van der Waals surface area contributed by atoms with E-state index in [9.17, 15) is 18.5 Å². The van der Waals surface area contributed by atoms with Gasteiger partial charge in [-0.05, 0) is 18.6 Å². The third kappa shape index (κ3) is 4.26. The molecule has 0 amide bonds. The van der Waals surface area contributed by atoms with E-state index in [1.807, 2.05) is 6.07 Å². The van der Waals surface area contributed by atoms with Gasteiger partial charge in [0, 0.05) is 10.5 Å². The van der Waals surface area contributed by atoms with Crippen molar-refractivity contribution in [3.05, 3.63) is 80.8 Å². The number of hydrogen-bond donors (Lipinski definition) is 0. The van der Waals surface area contributed by atoms with Gasteiger partial charge in [-0.2, -0.15) is 0 Å². The minimum Gasteiger partial charge on any atom is -0.258 e.